The number of primary amides is 1. The van der Waals surface area contributed by atoms with Gasteiger partial charge in [0.2, 0.25) is 0 Å². The molecule has 1 aromatic carbocycles. The number of carbonyl (C=O) groups is 2. The lowest BCUT2D eigenvalue weighted by Crippen LogP contribution is -2.41. The van der Waals surface area contributed by atoms with Crippen LogP contribution >= 0.6 is 0 Å². The van der Waals surface area contributed by atoms with E-state index in [-0.39, 0.29) is 31.8 Å². The van der Waals surface area contributed by atoms with Crippen LogP contribution in [0.3, 0.4) is 0 Å². The van der Waals surface area contributed by atoms with E-state index >= 15 is 0 Å². The average Bonchev–Trinajstić information content (AvgIpc) is 3.21. The van der Waals surface area contributed by atoms with Gasteiger partial charge in [-0.3, -0.25) is 9.59 Å². The van der Waals surface area contributed by atoms with Crippen LogP contribution in [0.1, 0.15) is 16.9 Å². The van der Waals surface area contributed by atoms with Gasteiger partial charge < -0.3 is 15.4 Å². The Hall–Kier alpha value is -3.04. The van der Waals surface area contributed by atoms with Gasteiger partial charge in [-0.25, -0.2) is 13.5 Å². The maximum absolute atomic E-state index is 13.8. The van der Waals surface area contributed by atoms with E-state index in [0.717, 1.165) is 0 Å². The molecule has 1 aliphatic rings. The quantitative estimate of drug-likeness (QED) is 0.804. The molecule has 0 bridgehead atoms. The van der Waals surface area contributed by atoms with Crippen molar-refractivity contribution in [3.63, 3.8) is 0 Å². The number of hydrogen-bond acceptors (Lipinski definition) is 5. The van der Waals surface area contributed by atoms with E-state index in [1.165, 1.54) is 40.0 Å². The van der Waals surface area contributed by atoms with E-state index in [1.807, 2.05) is 0 Å². The average molecular weight is 365 g/mol. The van der Waals surface area contributed by atoms with Crippen LogP contribution in [0.2, 0.25) is 0 Å². The molecule has 0 saturated carbocycles. The topological polar surface area (TPSA) is 103 Å². The molecule has 1 saturated heterocycles. The number of halogens is 2. The third kappa shape index (κ3) is 4.13. The minimum Gasteiger partial charge on any atom is -0.484 e. The number of benzene rings is 1. The van der Waals surface area contributed by atoms with Crippen molar-refractivity contribution in [1.29, 1.82) is 0 Å². The van der Waals surface area contributed by atoms with Gasteiger partial charge in [-0.1, -0.05) is 5.21 Å². The second kappa shape index (κ2) is 7.46. The van der Waals surface area contributed by atoms with Gasteiger partial charge in [0.05, 0.1) is 25.3 Å². The Balaban J connectivity index is 1.61. The van der Waals surface area contributed by atoms with Crippen LogP contribution in [0.25, 0.3) is 0 Å². The summed E-state index contributed by atoms with van der Waals surface area (Å²) in [6.07, 6.45) is 0.341. The lowest BCUT2D eigenvalue weighted by molar-refractivity contribution is -0.134. The van der Waals surface area contributed by atoms with Gasteiger partial charge >= 0.3 is 0 Å². The van der Waals surface area contributed by atoms with E-state index in [2.05, 4.69) is 10.3 Å². The second-order valence-corrected chi connectivity index (χ2v) is 5.97. The molecule has 0 unspecified atom stereocenters. The molecule has 2 N–H and O–H groups in total. The van der Waals surface area contributed by atoms with Crippen molar-refractivity contribution in [2.45, 2.75) is 25.2 Å². The SMILES string of the molecule is NC(=O)c1cn(C[C@@H]2C[C@H](F)CN2C(=O)COc2ccc(F)cc2)nn1. The van der Waals surface area contributed by atoms with Gasteiger partial charge in [-0.2, -0.15) is 0 Å². The molecule has 3 rings (SSSR count). The van der Waals surface area contributed by atoms with E-state index in [4.69, 9.17) is 10.5 Å². The number of amides is 2. The summed E-state index contributed by atoms with van der Waals surface area (Å²) in [5, 5.41) is 7.38. The van der Waals surface area contributed by atoms with Crippen molar-refractivity contribution in [2.75, 3.05) is 13.2 Å². The Morgan fingerprint density at radius 1 is 1.31 bits per heavy atom. The first-order valence-electron chi connectivity index (χ1n) is 7.94. The maximum atomic E-state index is 13.8. The van der Waals surface area contributed by atoms with Gasteiger partial charge in [0.1, 0.15) is 17.7 Å². The molecule has 1 fully saturated rings. The summed E-state index contributed by atoms with van der Waals surface area (Å²) in [7, 11) is 0. The predicted molar refractivity (Wildman–Crippen MR) is 85.4 cm³/mol. The van der Waals surface area contributed by atoms with Gasteiger partial charge in [-0.05, 0) is 24.3 Å². The molecule has 138 valence electrons. The molecule has 0 aliphatic carbocycles. The number of ether oxygens (including phenoxy) is 1. The molecule has 10 heteroatoms. The third-order valence-electron chi connectivity index (χ3n) is 4.05. The summed E-state index contributed by atoms with van der Waals surface area (Å²) in [5.74, 6) is -1.18. The summed E-state index contributed by atoms with van der Waals surface area (Å²) < 4.78 is 33.4. The van der Waals surface area contributed by atoms with Crippen LogP contribution in [0, 0.1) is 5.82 Å². The number of alkyl halides is 1. The summed E-state index contributed by atoms with van der Waals surface area (Å²) in [4.78, 5) is 24.8. The second-order valence-electron chi connectivity index (χ2n) is 5.97. The highest BCUT2D eigenvalue weighted by Gasteiger charge is 2.36. The molecule has 2 heterocycles. The van der Waals surface area contributed by atoms with E-state index in [1.54, 1.807) is 0 Å². The number of nitrogens with zero attached hydrogens (tertiary/aromatic N) is 4. The largest absolute Gasteiger partial charge is 0.484 e. The van der Waals surface area contributed by atoms with Crippen LogP contribution in [0.15, 0.2) is 30.5 Å². The first-order valence-corrected chi connectivity index (χ1v) is 7.94. The van der Waals surface area contributed by atoms with Gasteiger partial charge in [-0.15, -0.1) is 5.10 Å². The highest BCUT2D eigenvalue weighted by atomic mass is 19.1. The van der Waals surface area contributed by atoms with Crippen LogP contribution in [0.5, 0.6) is 5.75 Å². The molecular formula is C16H17F2N5O3. The Kier molecular flexibility index (Phi) is 5.10. The number of nitrogens with two attached hydrogens (primary N) is 1. The fourth-order valence-electron chi connectivity index (χ4n) is 2.81. The number of hydrogen-bond donors (Lipinski definition) is 1. The van der Waals surface area contributed by atoms with Crippen LogP contribution in [-0.2, 0) is 11.3 Å². The molecule has 2 atom stereocenters. The number of likely N-dealkylation sites (tertiary alicyclic amines) is 1. The molecule has 1 aromatic heterocycles. The van der Waals surface area contributed by atoms with Gasteiger partial charge in [0.15, 0.2) is 12.3 Å². The number of rotatable bonds is 6. The Labute approximate surface area is 147 Å². The molecule has 2 aromatic rings. The molecule has 0 radical (unpaired) electrons. The molecule has 1 aliphatic heterocycles. The summed E-state index contributed by atoms with van der Waals surface area (Å²) in [6, 6.07) is 4.80. The highest BCUT2D eigenvalue weighted by molar-refractivity contribution is 5.90. The van der Waals surface area contributed by atoms with Crippen LogP contribution in [0.4, 0.5) is 8.78 Å². The van der Waals surface area contributed by atoms with Gasteiger partial charge in [0, 0.05) is 6.42 Å². The summed E-state index contributed by atoms with van der Waals surface area (Å²) in [6.45, 7) is -0.157. The Morgan fingerprint density at radius 2 is 2.04 bits per heavy atom. The number of carbonyl (C=O) groups excluding carboxylic acids is 2. The lowest BCUT2D eigenvalue weighted by atomic mass is 10.2. The lowest BCUT2D eigenvalue weighted by Gasteiger charge is -2.24. The highest BCUT2D eigenvalue weighted by Crippen LogP contribution is 2.22. The van der Waals surface area contributed by atoms with E-state index in [0.29, 0.717) is 5.75 Å². The van der Waals surface area contributed by atoms with Crippen molar-refractivity contribution in [3.05, 3.63) is 42.0 Å². The van der Waals surface area contributed by atoms with Crippen LogP contribution in [-0.4, -0.2) is 57.1 Å². The summed E-state index contributed by atoms with van der Waals surface area (Å²) >= 11 is 0. The van der Waals surface area contributed by atoms with E-state index < -0.39 is 29.8 Å². The van der Waals surface area contributed by atoms with Crippen molar-refractivity contribution in [3.8, 4) is 5.75 Å². The van der Waals surface area contributed by atoms with Crippen molar-refractivity contribution in [1.82, 2.24) is 19.9 Å². The van der Waals surface area contributed by atoms with Gasteiger partial charge in [0.25, 0.3) is 11.8 Å². The molecule has 2 amide bonds. The third-order valence-corrected chi connectivity index (χ3v) is 4.05. The predicted octanol–water partition coefficient (Wildman–Crippen LogP) is 0.534. The number of aromatic nitrogens is 3. The normalized spacial score (nSPS) is 19.5. The van der Waals surface area contributed by atoms with Crippen molar-refractivity contribution >= 4 is 11.8 Å². The first kappa shape index (κ1) is 17.8. The first-order chi connectivity index (χ1) is 12.4. The minimum atomic E-state index is -1.16. The molecule has 8 nitrogen and oxygen atoms in total. The fourth-order valence-corrected chi connectivity index (χ4v) is 2.81. The molecule has 26 heavy (non-hydrogen) atoms. The zero-order valence-corrected chi connectivity index (χ0v) is 13.7. The minimum absolute atomic E-state index is 0.00249. The Bertz CT molecular complexity index is 795. The zero-order valence-electron chi connectivity index (χ0n) is 13.7. The smallest absolute Gasteiger partial charge is 0.270 e. The fraction of sp³-hybridized carbons (Fsp3) is 0.375. The van der Waals surface area contributed by atoms with Crippen molar-refractivity contribution in [2.24, 2.45) is 5.73 Å². The maximum Gasteiger partial charge on any atom is 0.270 e. The molecule has 0 spiro atoms. The molecular weight excluding hydrogens is 348 g/mol. The van der Waals surface area contributed by atoms with Crippen LogP contribution < -0.4 is 10.5 Å². The monoisotopic (exact) mass is 365 g/mol. The van der Waals surface area contributed by atoms with E-state index in [9.17, 15) is 18.4 Å². The summed E-state index contributed by atoms with van der Waals surface area (Å²) in [5.41, 5.74) is 5.12. The zero-order chi connectivity index (χ0) is 18.7. The Morgan fingerprint density at radius 3 is 2.69 bits per heavy atom. The standard InChI is InChI=1S/C16H17F2N5O3/c17-10-1-3-13(4-2-10)26-9-15(24)23-6-11(18)5-12(23)7-22-8-14(16(19)25)20-21-22/h1-4,8,11-12H,5-7,9H2,(H2,19,25)/t11-,12-/m0/s1. The van der Waals surface area contributed by atoms with Crippen molar-refractivity contribution < 1.29 is 23.1 Å².